The predicted molar refractivity (Wildman–Crippen MR) is 123 cm³/mol. The van der Waals surface area contributed by atoms with Gasteiger partial charge >= 0.3 is 0 Å². The first-order valence-electron chi connectivity index (χ1n) is 9.92. The molecule has 1 amide bonds. The number of amides is 1. The summed E-state index contributed by atoms with van der Waals surface area (Å²) in [6, 6.07) is 3.59. The zero-order valence-electron chi connectivity index (χ0n) is 17.2. The van der Waals surface area contributed by atoms with Gasteiger partial charge in [-0.3, -0.25) is 4.79 Å². The second-order valence-electron chi connectivity index (χ2n) is 7.31. The molecule has 0 radical (unpaired) electrons. The maximum absolute atomic E-state index is 12.5. The molecule has 158 valence electrons. The highest BCUT2D eigenvalue weighted by molar-refractivity contribution is 5.99. The van der Waals surface area contributed by atoms with Gasteiger partial charge in [-0.05, 0) is 24.3 Å². The number of pyridine rings is 1. The quantitative estimate of drug-likeness (QED) is 0.475. The van der Waals surface area contributed by atoms with Gasteiger partial charge in [-0.1, -0.05) is 25.8 Å². The van der Waals surface area contributed by atoms with Crippen molar-refractivity contribution in [3.8, 4) is 11.3 Å². The molecule has 1 unspecified atom stereocenters. The summed E-state index contributed by atoms with van der Waals surface area (Å²) < 4.78 is 1.76. The second-order valence-corrected chi connectivity index (χ2v) is 7.31. The van der Waals surface area contributed by atoms with Crippen LogP contribution in [0.3, 0.4) is 0 Å². The normalized spacial score (nSPS) is 16.1. The molecule has 5 rings (SSSR count). The van der Waals surface area contributed by atoms with E-state index in [0.717, 1.165) is 22.2 Å². The van der Waals surface area contributed by atoms with Crippen LogP contribution in [0, 0.1) is 0 Å². The number of anilines is 1. The molecule has 4 aromatic rings. The van der Waals surface area contributed by atoms with Gasteiger partial charge in [-0.25, -0.2) is 19.6 Å². The highest BCUT2D eigenvalue weighted by atomic mass is 16.2. The fourth-order valence-corrected chi connectivity index (χ4v) is 4.18. The van der Waals surface area contributed by atoms with Gasteiger partial charge in [0.2, 0.25) is 5.91 Å². The molecule has 1 aliphatic rings. The fourth-order valence-electron chi connectivity index (χ4n) is 4.18. The number of aromatic nitrogens is 6. The molecule has 5 heterocycles. The molecule has 0 aliphatic carbocycles. The number of nitrogen functional groups attached to an aromatic ring is 1. The van der Waals surface area contributed by atoms with Crippen LogP contribution in [-0.4, -0.2) is 47.1 Å². The molecule has 9 nitrogen and oxygen atoms in total. The lowest BCUT2D eigenvalue weighted by Crippen LogP contribution is -2.28. The molecular weight excluding hydrogens is 404 g/mol. The predicted octanol–water partition coefficient (Wildman–Crippen LogP) is 3.15. The number of nitrogens with one attached hydrogen (secondary N) is 1. The number of H-pyrrole nitrogens is 1. The highest BCUT2D eigenvalue weighted by Gasteiger charge is 2.35. The summed E-state index contributed by atoms with van der Waals surface area (Å²) in [4.78, 5) is 30.3. The minimum Gasteiger partial charge on any atom is -0.383 e. The largest absolute Gasteiger partial charge is 0.383 e. The van der Waals surface area contributed by atoms with Gasteiger partial charge < -0.3 is 15.6 Å². The summed E-state index contributed by atoms with van der Waals surface area (Å²) in [5.74, 6) is 0.0881. The minimum atomic E-state index is -0.334. The molecule has 0 fully saturated rings. The van der Waals surface area contributed by atoms with Crippen molar-refractivity contribution in [2.45, 2.75) is 6.04 Å². The van der Waals surface area contributed by atoms with Gasteiger partial charge in [0, 0.05) is 34.6 Å². The molecule has 32 heavy (non-hydrogen) atoms. The summed E-state index contributed by atoms with van der Waals surface area (Å²) in [6.07, 6.45) is 9.59. The maximum Gasteiger partial charge on any atom is 0.250 e. The van der Waals surface area contributed by atoms with Gasteiger partial charge in [-0.15, -0.1) is 0 Å². The summed E-state index contributed by atoms with van der Waals surface area (Å²) in [5, 5.41) is 6.46. The van der Waals surface area contributed by atoms with Crippen molar-refractivity contribution in [1.82, 2.24) is 34.6 Å². The van der Waals surface area contributed by atoms with Gasteiger partial charge in [-0.2, -0.15) is 5.10 Å². The van der Waals surface area contributed by atoms with E-state index in [1.54, 1.807) is 27.9 Å². The van der Waals surface area contributed by atoms with E-state index < -0.39 is 0 Å². The third-order valence-electron chi connectivity index (χ3n) is 5.64. The summed E-state index contributed by atoms with van der Waals surface area (Å²) in [6.45, 7) is 11.8. The second kappa shape index (κ2) is 7.31. The number of carbonyl (C=O) groups excluding carboxylic acids is 1. The van der Waals surface area contributed by atoms with Gasteiger partial charge in [0.1, 0.15) is 23.5 Å². The number of aromatic amines is 1. The Labute approximate surface area is 183 Å². The Morgan fingerprint density at radius 3 is 2.81 bits per heavy atom. The third kappa shape index (κ3) is 2.75. The zero-order chi connectivity index (χ0) is 22.4. The lowest BCUT2D eigenvalue weighted by atomic mass is 10.1. The number of allylic oxidation sites excluding steroid dienone is 2. The molecule has 0 spiro atoms. The van der Waals surface area contributed by atoms with Crippen molar-refractivity contribution >= 4 is 33.8 Å². The van der Waals surface area contributed by atoms with Crippen LogP contribution < -0.4 is 5.73 Å². The van der Waals surface area contributed by atoms with E-state index in [-0.39, 0.29) is 11.9 Å². The van der Waals surface area contributed by atoms with Crippen LogP contribution in [0.2, 0.25) is 0 Å². The van der Waals surface area contributed by atoms with E-state index in [4.69, 9.17) is 10.8 Å². The van der Waals surface area contributed by atoms with Gasteiger partial charge in [0.25, 0.3) is 0 Å². The fraction of sp³-hybridized carbons (Fsp3) is 0.0870. The van der Waals surface area contributed by atoms with Crippen LogP contribution in [0.25, 0.3) is 33.3 Å². The van der Waals surface area contributed by atoms with Crippen LogP contribution in [0.15, 0.2) is 80.1 Å². The molecule has 1 atom stereocenters. The standard InChI is InChI=1S/C23H20N8O/c1-4-15-16(5-2)30(18(32)6-3)11-17(15)31-23-19(21(24)27-12-28-23)20(29-31)14-9-13-7-8-25-22(13)26-10-14/h4-10,12,17H,1-3,11H2,(H,25,26)(H2,24,27,28). The molecule has 0 aromatic carbocycles. The Hall–Kier alpha value is -4.53. The first-order chi connectivity index (χ1) is 15.6. The van der Waals surface area contributed by atoms with Crippen LogP contribution in [0.5, 0.6) is 0 Å². The van der Waals surface area contributed by atoms with Gasteiger partial charge in [0.05, 0.1) is 18.0 Å². The van der Waals surface area contributed by atoms with E-state index in [9.17, 15) is 4.79 Å². The topological polar surface area (TPSA) is 119 Å². The molecule has 0 saturated carbocycles. The minimum absolute atomic E-state index is 0.227. The van der Waals surface area contributed by atoms with Crippen LogP contribution >= 0.6 is 0 Å². The van der Waals surface area contributed by atoms with Gasteiger partial charge in [0.15, 0.2) is 5.65 Å². The smallest absolute Gasteiger partial charge is 0.250 e. The van der Waals surface area contributed by atoms with E-state index in [1.807, 2.05) is 18.3 Å². The molecule has 0 saturated heterocycles. The highest BCUT2D eigenvalue weighted by Crippen LogP contribution is 2.38. The average molecular weight is 424 g/mol. The molecule has 4 aromatic heterocycles. The Kier molecular flexibility index (Phi) is 4.44. The van der Waals surface area contributed by atoms with E-state index in [2.05, 4.69) is 39.7 Å². The third-order valence-corrected chi connectivity index (χ3v) is 5.64. The Balaban J connectivity index is 1.74. The summed E-state index contributed by atoms with van der Waals surface area (Å²) >= 11 is 0. The van der Waals surface area contributed by atoms with E-state index >= 15 is 0 Å². The van der Waals surface area contributed by atoms with Crippen molar-refractivity contribution in [2.75, 3.05) is 12.3 Å². The number of fused-ring (bicyclic) bond motifs is 2. The number of nitrogens with two attached hydrogens (primary N) is 1. The number of hydrogen-bond donors (Lipinski definition) is 2. The molecule has 0 bridgehead atoms. The monoisotopic (exact) mass is 424 g/mol. The Bertz CT molecular complexity index is 1460. The molecule has 3 N–H and O–H groups in total. The number of hydrogen-bond acceptors (Lipinski definition) is 6. The summed E-state index contributed by atoms with van der Waals surface area (Å²) in [5.41, 5.74) is 10.5. The van der Waals surface area contributed by atoms with E-state index in [0.29, 0.717) is 34.8 Å². The molecule has 9 heteroatoms. The van der Waals surface area contributed by atoms with Crippen molar-refractivity contribution < 1.29 is 4.79 Å². The van der Waals surface area contributed by atoms with Crippen molar-refractivity contribution in [3.63, 3.8) is 0 Å². The summed E-state index contributed by atoms with van der Waals surface area (Å²) in [7, 11) is 0. The number of rotatable bonds is 5. The molecule has 1 aliphatic heterocycles. The average Bonchev–Trinajstić information content (AvgIpc) is 3.52. The first-order valence-corrected chi connectivity index (χ1v) is 9.92. The van der Waals surface area contributed by atoms with Crippen LogP contribution in [0.1, 0.15) is 6.04 Å². The SMILES string of the molecule is C=CC(=O)N1CC(n2nc(-c3cnc4[nH]ccc4c3)c3c(N)ncnc32)C(C=C)=C1C=C. The maximum atomic E-state index is 12.5. The van der Waals surface area contributed by atoms with Crippen LogP contribution in [0.4, 0.5) is 5.82 Å². The number of nitrogens with zero attached hydrogens (tertiary/aromatic N) is 6. The number of carbonyl (C=O) groups is 1. The van der Waals surface area contributed by atoms with Crippen LogP contribution in [-0.2, 0) is 4.79 Å². The zero-order valence-corrected chi connectivity index (χ0v) is 17.2. The van der Waals surface area contributed by atoms with Crippen molar-refractivity contribution in [2.24, 2.45) is 0 Å². The lowest BCUT2D eigenvalue weighted by molar-refractivity contribution is -0.123. The van der Waals surface area contributed by atoms with Crippen molar-refractivity contribution in [1.29, 1.82) is 0 Å². The van der Waals surface area contributed by atoms with Crippen molar-refractivity contribution in [3.05, 3.63) is 80.1 Å². The lowest BCUT2D eigenvalue weighted by Gasteiger charge is -2.17. The van der Waals surface area contributed by atoms with E-state index in [1.165, 1.54) is 12.4 Å². The molecular formula is C23H20N8O. The first kappa shape index (κ1) is 19.4. The Morgan fingerprint density at radius 1 is 1.22 bits per heavy atom. The Morgan fingerprint density at radius 2 is 2.06 bits per heavy atom.